The van der Waals surface area contributed by atoms with E-state index in [1.54, 1.807) is 11.0 Å². The number of halogens is 1. The number of amides is 1. The third-order valence-electron chi connectivity index (χ3n) is 5.19. The second kappa shape index (κ2) is 6.92. The van der Waals surface area contributed by atoms with Crippen LogP contribution in [-0.2, 0) is 0 Å². The Kier molecular flexibility index (Phi) is 4.46. The van der Waals surface area contributed by atoms with Crippen LogP contribution in [0.2, 0.25) is 0 Å². The van der Waals surface area contributed by atoms with E-state index < -0.39 is 0 Å². The van der Waals surface area contributed by atoms with Gasteiger partial charge in [0.05, 0.1) is 0 Å². The molecular formula is C19H21FN4O2. The summed E-state index contributed by atoms with van der Waals surface area (Å²) in [7, 11) is 0. The molecule has 1 aromatic carbocycles. The minimum absolute atomic E-state index is 0.0858. The lowest BCUT2D eigenvalue weighted by Crippen LogP contribution is -2.64. The van der Waals surface area contributed by atoms with Crippen LogP contribution in [0.4, 0.5) is 10.1 Å². The molecule has 0 bridgehead atoms. The number of hydrogen-bond donors (Lipinski definition) is 1. The van der Waals surface area contributed by atoms with Crippen molar-refractivity contribution in [3.8, 4) is 0 Å². The monoisotopic (exact) mass is 356 g/mol. The molecule has 0 unspecified atom stereocenters. The fourth-order valence-electron chi connectivity index (χ4n) is 3.61. The van der Waals surface area contributed by atoms with Gasteiger partial charge in [-0.2, -0.15) is 0 Å². The molecule has 0 saturated carbocycles. The Morgan fingerprint density at radius 3 is 2.38 bits per heavy atom. The molecule has 4 rings (SSSR count). The fourth-order valence-corrected chi connectivity index (χ4v) is 3.61. The summed E-state index contributed by atoms with van der Waals surface area (Å²) in [5.41, 5.74) is 1.23. The second-order valence-electron chi connectivity index (χ2n) is 6.80. The molecule has 136 valence electrons. The summed E-state index contributed by atoms with van der Waals surface area (Å²) in [4.78, 5) is 32.7. The summed E-state index contributed by atoms with van der Waals surface area (Å²) < 4.78 is 13.0. The minimum Gasteiger partial charge on any atom is -0.369 e. The number of benzene rings is 1. The van der Waals surface area contributed by atoms with E-state index in [9.17, 15) is 14.0 Å². The molecule has 1 aromatic heterocycles. The SMILES string of the molecule is O=C(c1cc[nH]c(=O)c1)N1CC(N2CCN(c3ccc(F)cc3)CC2)C1. The molecule has 2 aliphatic rings. The highest BCUT2D eigenvalue weighted by atomic mass is 19.1. The van der Waals surface area contributed by atoms with Crippen LogP contribution in [0.15, 0.2) is 47.4 Å². The Bertz CT molecular complexity index is 837. The van der Waals surface area contributed by atoms with Gasteiger partial charge >= 0.3 is 0 Å². The number of piperazine rings is 1. The van der Waals surface area contributed by atoms with Crippen molar-refractivity contribution in [1.82, 2.24) is 14.8 Å². The van der Waals surface area contributed by atoms with Crippen molar-refractivity contribution in [2.24, 2.45) is 0 Å². The molecule has 26 heavy (non-hydrogen) atoms. The Labute approximate surface area is 150 Å². The maximum atomic E-state index is 13.0. The number of pyridine rings is 1. The summed E-state index contributed by atoms with van der Waals surface area (Å²) in [6.07, 6.45) is 1.50. The number of carbonyl (C=O) groups is 1. The Balaban J connectivity index is 1.28. The van der Waals surface area contributed by atoms with Crippen LogP contribution < -0.4 is 10.5 Å². The van der Waals surface area contributed by atoms with Gasteiger partial charge < -0.3 is 14.8 Å². The number of likely N-dealkylation sites (tertiary alicyclic amines) is 1. The van der Waals surface area contributed by atoms with Gasteiger partial charge in [0.1, 0.15) is 5.82 Å². The predicted molar refractivity (Wildman–Crippen MR) is 96.9 cm³/mol. The zero-order valence-electron chi connectivity index (χ0n) is 14.4. The topological polar surface area (TPSA) is 59.7 Å². The van der Waals surface area contributed by atoms with Gasteiger partial charge in [-0.15, -0.1) is 0 Å². The molecule has 1 amide bonds. The number of aromatic nitrogens is 1. The molecule has 6 nitrogen and oxygen atoms in total. The molecule has 0 atom stereocenters. The average Bonchev–Trinajstić information content (AvgIpc) is 2.62. The molecule has 1 N–H and O–H groups in total. The van der Waals surface area contributed by atoms with Crippen LogP contribution >= 0.6 is 0 Å². The highest BCUT2D eigenvalue weighted by Crippen LogP contribution is 2.22. The van der Waals surface area contributed by atoms with E-state index in [4.69, 9.17) is 0 Å². The van der Waals surface area contributed by atoms with E-state index >= 15 is 0 Å². The van der Waals surface area contributed by atoms with Gasteiger partial charge in [-0.25, -0.2) is 4.39 Å². The second-order valence-corrected chi connectivity index (χ2v) is 6.80. The van der Waals surface area contributed by atoms with Crippen molar-refractivity contribution >= 4 is 11.6 Å². The first-order valence-electron chi connectivity index (χ1n) is 8.83. The molecule has 2 aliphatic heterocycles. The molecule has 2 aromatic rings. The summed E-state index contributed by atoms with van der Waals surface area (Å²) >= 11 is 0. The van der Waals surface area contributed by atoms with Crippen molar-refractivity contribution in [3.05, 3.63) is 64.3 Å². The summed E-state index contributed by atoms with van der Waals surface area (Å²) in [6, 6.07) is 9.97. The van der Waals surface area contributed by atoms with Crippen LogP contribution in [-0.4, -0.2) is 66.0 Å². The quantitative estimate of drug-likeness (QED) is 0.897. The molecule has 7 heteroatoms. The number of anilines is 1. The van der Waals surface area contributed by atoms with Crippen LogP contribution in [0.25, 0.3) is 0 Å². The van der Waals surface area contributed by atoms with Crippen molar-refractivity contribution in [3.63, 3.8) is 0 Å². The molecule has 2 fully saturated rings. The van der Waals surface area contributed by atoms with Gasteiger partial charge in [-0.05, 0) is 30.3 Å². The van der Waals surface area contributed by atoms with Crippen LogP contribution in [0, 0.1) is 5.82 Å². The predicted octanol–water partition coefficient (Wildman–Crippen LogP) is 1.16. The zero-order chi connectivity index (χ0) is 18.1. The summed E-state index contributed by atoms with van der Waals surface area (Å²) in [6.45, 7) is 5.03. The van der Waals surface area contributed by atoms with Gasteiger partial charge in [0.25, 0.3) is 5.91 Å². The smallest absolute Gasteiger partial charge is 0.254 e. The van der Waals surface area contributed by atoms with Crippen LogP contribution in [0.1, 0.15) is 10.4 Å². The number of nitrogens with one attached hydrogen (secondary N) is 1. The number of rotatable bonds is 3. The van der Waals surface area contributed by atoms with Crippen molar-refractivity contribution in [2.45, 2.75) is 6.04 Å². The lowest BCUT2D eigenvalue weighted by atomic mass is 10.0. The first-order valence-corrected chi connectivity index (χ1v) is 8.83. The first kappa shape index (κ1) is 16.8. The van der Waals surface area contributed by atoms with E-state index in [0.717, 1.165) is 31.9 Å². The van der Waals surface area contributed by atoms with Gasteiger partial charge in [0.15, 0.2) is 0 Å². The molecule has 2 saturated heterocycles. The van der Waals surface area contributed by atoms with Crippen LogP contribution in [0.3, 0.4) is 0 Å². The molecule has 0 spiro atoms. The number of H-pyrrole nitrogens is 1. The van der Waals surface area contributed by atoms with Gasteiger partial charge in [-0.3, -0.25) is 14.5 Å². The van der Waals surface area contributed by atoms with E-state index in [0.29, 0.717) is 24.7 Å². The van der Waals surface area contributed by atoms with E-state index in [1.807, 2.05) is 12.1 Å². The first-order chi connectivity index (χ1) is 12.6. The minimum atomic E-state index is -0.259. The van der Waals surface area contributed by atoms with Crippen molar-refractivity contribution in [2.75, 3.05) is 44.2 Å². The van der Waals surface area contributed by atoms with Gasteiger partial charge in [-0.1, -0.05) is 0 Å². The lowest BCUT2D eigenvalue weighted by molar-refractivity contribution is 0.0246. The number of hydrogen-bond acceptors (Lipinski definition) is 4. The maximum Gasteiger partial charge on any atom is 0.254 e. The van der Waals surface area contributed by atoms with Gasteiger partial charge in [0.2, 0.25) is 5.56 Å². The fraction of sp³-hybridized carbons (Fsp3) is 0.368. The molecule has 3 heterocycles. The van der Waals surface area contributed by atoms with Crippen LogP contribution in [0.5, 0.6) is 0 Å². The zero-order valence-corrected chi connectivity index (χ0v) is 14.4. The number of aromatic amines is 1. The Hall–Kier alpha value is -2.67. The molecular weight excluding hydrogens is 335 g/mol. The Morgan fingerprint density at radius 2 is 1.73 bits per heavy atom. The number of nitrogens with zero attached hydrogens (tertiary/aromatic N) is 3. The number of carbonyl (C=O) groups excluding carboxylic acids is 1. The standard InChI is InChI=1S/C19H21FN4O2/c20-15-1-3-16(4-2-15)22-7-9-23(10-8-22)17-12-24(13-17)19(26)14-5-6-21-18(25)11-14/h1-6,11,17H,7-10,12-13H2,(H,21,25). The maximum absolute atomic E-state index is 13.0. The highest BCUT2D eigenvalue weighted by molar-refractivity contribution is 5.94. The van der Waals surface area contributed by atoms with Gasteiger partial charge in [0, 0.05) is 68.8 Å². The van der Waals surface area contributed by atoms with E-state index in [-0.39, 0.29) is 17.3 Å². The average molecular weight is 356 g/mol. The molecule has 0 aliphatic carbocycles. The highest BCUT2D eigenvalue weighted by Gasteiger charge is 2.36. The summed E-state index contributed by atoms with van der Waals surface area (Å²) in [5, 5.41) is 0. The Morgan fingerprint density at radius 1 is 1.04 bits per heavy atom. The largest absolute Gasteiger partial charge is 0.369 e. The lowest BCUT2D eigenvalue weighted by Gasteiger charge is -2.48. The van der Waals surface area contributed by atoms with Crippen molar-refractivity contribution < 1.29 is 9.18 Å². The van der Waals surface area contributed by atoms with E-state index in [2.05, 4.69) is 14.8 Å². The molecule has 0 radical (unpaired) electrons. The normalized spacial score (nSPS) is 18.7. The third-order valence-corrected chi connectivity index (χ3v) is 5.19. The van der Waals surface area contributed by atoms with E-state index in [1.165, 1.54) is 24.4 Å². The summed E-state index contributed by atoms with van der Waals surface area (Å²) in [5.74, 6) is -0.302. The van der Waals surface area contributed by atoms with Crippen molar-refractivity contribution in [1.29, 1.82) is 0 Å². The third kappa shape index (κ3) is 3.35.